The summed E-state index contributed by atoms with van der Waals surface area (Å²) in [6.45, 7) is 4.15. The molecule has 0 saturated carbocycles. The lowest BCUT2D eigenvalue weighted by atomic mass is 10.1. The number of benzene rings is 2. The van der Waals surface area contributed by atoms with E-state index in [1.165, 1.54) is 11.1 Å². The summed E-state index contributed by atoms with van der Waals surface area (Å²) in [5.41, 5.74) is 4.68. The van der Waals surface area contributed by atoms with E-state index >= 15 is 0 Å². The van der Waals surface area contributed by atoms with E-state index in [2.05, 4.69) is 62.4 Å². The van der Waals surface area contributed by atoms with E-state index in [4.69, 9.17) is 23.2 Å². The predicted molar refractivity (Wildman–Crippen MR) is 94.7 cm³/mol. The molecule has 0 amide bonds. The third kappa shape index (κ3) is 2.87. The molecule has 3 aromatic rings. The largest absolute Gasteiger partial charge is 0.132 e. The number of hydrogen-bond acceptors (Lipinski definition) is 1. The lowest BCUT2D eigenvalue weighted by molar-refractivity contribution is 1.48. The molecule has 106 valence electrons. The molecule has 0 bridgehead atoms. The van der Waals surface area contributed by atoms with Crippen LogP contribution >= 0.6 is 34.5 Å². The molecule has 0 spiro atoms. The van der Waals surface area contributed by atoms with Crippen molar-refractivity contribution < 1.29 is 0 Å². The Labute approximate surface area is 139 Å². The van der Waals surface area contributed by atoms with Gasteiger partial charge >= 0.3 is 0 Å². The third-order valence-corrected chi connectivity index (χ3v) is 5.79. The van der Waals surface area contributed by atoms with Crippen molar-refractivity contribution in [3.63, 3.8) is 0 Å². The minimum Gasteiger partial charge on any atom is -0.132 e. The average Bonchev–Trinajstić information content (AvgIpc) is 2.78. The van der Waals surface area contributed by atoms with Crippen LogP contribution in [0.2, 0.25) is 10.0 Å². The molecule has 1 aromatic heterocycles. The Morgan fingerprint density at radius 1 is 0.619 bits per heavy atom. The second-order valence-electron chi connectivity index (χ2n) is 5.12. The van der Waals surface area contributed by atoms with Crippen molar-refractivity contribution in [1.82, 2.24) is 0 Å². The van der Waals surface area contributed by atoms with E-state index in [1.54, 1.807) is 11.3 Å². The molecule has 0 fully saturated rings. The molecular weight excluding hydrogens is 319 g/mol. The van der Waals surface area contributed by atoms with E-state index < -0.39 is 0 Å². The van der Waals surface area contributed by atoms with E-state index in [0.717, 1.165) is 20.9 Å². The zero-order chi connectivity index (χ0) is 15.0. The molecular formula is C18H14Cl2S. The van der Waals surface area contributed by atoms with Gasteiger partial charge in [0.15, 0.2) is 0 Å². The normalized spacial score (nSPS) is 10.9. The molecule has 0 atom stereocenters. The first-order valence-electron chi connectivity index (χ1n) is 6.68. The number of rotatable bonds is 2. The Bertz CT molecular complexity index is 702. The maximum absolute atomic E-state index is 6.45. The fraction of sp³-hybridized carbons (Fsp3) is 0.111. The Morgan fingerprint density at radius 2 is 0.952 bits per heavy atom. The standard InChI is InChI=1S/C18H14Cl2S/c1-11-3-7-13(8-4-11)17-15(19)16(20)18(21-17)14-9-5-12(2)6-10-14/h3-10H,1-2H3. The van der Waals surface area contributed by atoms with Gasteiger partial charge in [0.1, 0.15) is 0 Å². The number of hydrogen-bond donors (Lipinski definition) is 0. The van der Waals surface area contributed by atoms with Crippen LogP contribution in [0.1, 0.15) is 11.1 Å². The molecule has 2 aromatic carbocycles. The summed E-state index contributed by atoms with van der Waals surface area (Å²) >= 11 is 14.5. The summed E-state index contributed by atoms with van der Waals surface area (Å²) in [5.74, 6) is 0. The van der Waals surface area contributed by atoms with Gasteiger partial charge in [-0.05, 0) is 25.0 Å². The zero-order valence-corrected chi connectivity index (χ0v) is 14.1. The zero-order valence-electron chi connectivity index (χ0n) is 11.8. The van der Waals surface area contributed by atoms with Crippen molar-refractivity contribution in [2.24, 2.45) is 0 Å². The van der Waals surface area contributed by atoms with Crippen LogP contribution < -0.4 is 0 Å². The molecule has 3 rings (SSSR count). The summed E-state index contributed by atoms with van der Waals surface area (Å²) in [6, 6.07) is 16.7. The van der Waals surface area contributed by atoms with Crippen molar-refractivity contribution in [2.45, 2.75) is 13.8 Å². The minimum atomic E-state index is 0.640. The van der Waals surface area contributed by atoms with Crippen molar-refractivity contribution in [2.75, 3.05) is 0 Å². The highest BCUT2D eigenvalue weighted by Crippen LogP contribution is 2.47. The average molecular weight is 333 g/mol. The van der Waals surface area contributed by atoms with Gasteiger partial charge in [-0.15, -0.1) is 11.3 Å². The first-order valence-corrected chi connectivity index (χ1v) is 8.25. The lowest BCUT2D eigenvalue weighted by Crippen LogP contribution is -1.74. The first kappa shape index (κ1) is 14.6. The molecule has 0 aliphatic carbocycles. The molecule has 0 aliphatic heterocycles. The Hall–Kier alpha value is -1.28. The van der Waals surface area contributed by atoms with Crippen LogP contribution in [0.5, 0.6) is 0 Å². The molecule has 0 radical (unpaired) electrons. The van der Waals surface area contributed by atoms with Gasteiger partial charge in [-0.1, -0.05) is 82.9 Å². The first-order chi connectivity index (χ1) is 10.1. The lowest BCUT2D eigenvalue weighted by Gasteiger charge is -1.99. The van der Waals surface area contributed by atoms with Crippen LogP contribution in [-0.4, -0.2) is 0 Å². The van der Waals surface area contributed by atoms with Crippen molar-refractivity contribution in [3.8, 4) is 20.9 Å². The highest BCUT2D eigenvalue weighted by molar-refractivity contribution is 7.20. The van der Waals surface area contributed by atoms with E-state index in [-0.39, 0.29) is 0 Å². The van der Waals surface area contributed by atoms with Crippen LogP contribution in [-0.2, 0) is 0 Å². The quantitative estimate of drug-likeness (QED) is 0.473. The van der Waals surface area contributed by atoms with Crippen molar-refractivity contribution in [1.29, 1.82) is 0 Å². The Balaban J connectivity index is 2.11. The molecule has 0 aliphatic rings. The van der Waals surface area contributed by atoms with E-state index in [1.807, 2.05) is 0 Å². The number of aryl methyl sites for hydroxylation is 2. The van der Waals surface area contributed by atoms with E-state index in [9.17, 15) is 0 Å². The maximum atomic E-state index is 6.45. The molecule has 0 nitrogen and oxygen atoms in total. The van der Waals surface area contributed by atoms with Gasteiger partial charge < -0.3 is 0 Å². The van der Waals surface area contributed by atoms with E-state index in [0.29, 0.717) is 10.0 Å². The van der Waals surface area contributed by atoms with Gasteiger partial charge in [0.2, 0.25) is 0 Å². The second-order valence-corrected chi connectivity index (χ2v) is 6.90. The molecule has 1 heterocycles. The van der Waals surface area contributed by atoms with Crippen LogP contribution in [0.4, 0.5) is 0 Å². The van der Waals surface area contributed by atoms with Gasteiger partial charge in [0, 0.05) is 0 Å². The number of halogens is 2. The molecule has 0 N–H and O–H groups in total. The molecule has 0 saturated heterocycles. The summed E-state index contributed by atoms with van der Waals surface area (Å²) in [4.78, 5) is 2.05. The topological polar surface area (TPSA) is 0 Å². The smallest absolute Gasteiger partial charge is 0.0785 e. The summed E-state index contributed by atoms with van der Waals surface area (Å²) in [7, 11) is 0. The molecule has 0 unspecified atom stereocenters. The van der Waals surface area contributed by atoms with Gasteiger partial charge in [-0.25, -0.2) is 0 Å². The monoisotopic (exact) mass is 332 g/mol. The highest BCUT2D eigenvalue weighted by Gasteiger charge is 2.17. The van der Waals surface area contributed by atoms with Crippen LogP contribution in [0, 0.1) is 13.8 Å². The van der Waals surface area contributed by atoms with Gasteiger partial charge in [0.25, 0.3) is 0 Å². The fourth-order valence-corrected chi connectivity index (χ4v) is 4.02. The summed E-state index contributed by atoms with van der Waals surface area (Å²) in [5, 5.41) is 1.28. The Kier molecular flexibility index (Phi) is 4.08. The number of thiophene rings is 1. The summed E-state index contributed by atoms with van der Waals surface area (Å²) < 4.78 is 0. The highest BCUT2D eigenvalue weighted by atomic mass is 35.5. The summed E-state index contributed by atoms with van der Waals surface area (Å²) in [6.07, 6.45) is 0. The predicted octanol–water partition coefficient (Wildman–Crippen LogP) is 7.01. The minimum absolute atomic E-state index is 0.640. The molecule has 3 heteroatoms. The molecule has 21 heavy (non-hydrogen) atoms. The SMILES string of the molecule is Cc1ccc(-c2sc(-c3ccc(C)cc3)c(Cl)c2Cl)cc1. The van der Waals surface area contributed by atoms with Crippen LogP contribution in [0.3, 0.4) is 0 Å². The second kappa shape index (κ2) is 5.84. The van der Waals surface area contributed by atoms with Crippen LogP contribution in [0.25, 0.3) is 20.9 Å². The van der Waals surface area contributed by atoms with Gasteiger partial charge in [0.05, 0.1) is 19.8 Å². The van der Waals surface area contributed by atoms with Gasteiger partial charge in [-0.3, -0.25) is 0 Å². The third-order valence-electron chi connectivity index (χ3n) is 3.42. The van der Waals surface area contributed by atoms with Gasteiger partial charge in [-0.2, -0.15) is 0 Å². The van der Waals surface area contributed by atoms with Crippen molar-refractivity contribution in [3.05, 3.63) is 69.7 Å². The fourth-order valence-electron chi connectivity index (χ4n) is 2.17. The van der Waals surface area contributed by atoms with Crippen molar-refractivity contribution >= 4 is 34.5 Å². The Morgan fingerprint density at radius 3 is 1.29 bits per heavy atom. The van der Waals surface area contributed by atoms with Crippen LogP contribution in [0.15, 0.2) is 48.5 Å². The maximum Gasteiger partial charge on any atom is 0.0785 e.